The van der Waals surface area contributed by atoms with Crippen LogP contribution in [-0.2, 0) is 13.0 Å². The molecule has 0 saturated heterocycles. The molecule has 0 aliphatic heterocycles. The first-order chi connectivity index (χ1) is 10.1. The minimum atomic E-state index is 0.538. The predicted octanol–water partition coefficient (Wildman–Crippen LogP) is 3.96. The SMILES string of the molecule is CC(C)NCCc1ccc(COc2cncc(Br)c2)cc1. The smallest absolute Gasteiger partial charge is 0.139 e. The lowest BCUT2D eigenvalue weighted by Crippen LogP contribution is -2.24. The first-order valence-electron chi connectivity index (χ1n) is 7.18. The first-order valence-corrected chi connectivity index (χ1v) is 7.97. The van der Waals surface area contributed by atoms with Crippen LogP contribution in [0.4, 0.5) is 0 Å². The van der Waals surface area contributed by atoms with Crippen LogP contribution >= 0.6 is 15.9 Å². The van der Waals surface area contributed by atoms with Crippen molar-refractivity contribution in [3.8, 4) is 5.75 Å². The molecule has 1 aromatic heterocycles. The lowest BCUT2D eigenvalue weighted by molar-refractivity contribution is 0.304. The van der Waals surface area contributed by atoms with Crippen molar-refractivity contribution in [2.45, 2.75) is 32.9 Å². The van der Waals surface area contributed by atoms with E-state index >= 15 is 0 Å². The van der Waals surface area contributed by atoms with E-state index in [4.69, 9.17) is 4.74 Å². The minimum Gasteiger partial charge on any atom is -0.487 e. The molecule has 0 saturated carbocycles. The number of hydrogen-bond acceptors (Lipinski definition) is 3. The van der Waals surface area contributed by atoms with Crippen molar-refractivity contribution in [1.29, 1.82) is 0 Å². The summed E-state index contributed by atoms with van der Waals surface area (Å²) < 4.78 is 6.64. The molecule has 0 unspecified atom stereocenters. The molecule has 2 rings (SSSR count). The molecular weight excluding hydrogens is 328 g/mol. The van der Waals surface area contributed by atoms with E-state index in [9.17, 15) is 0 Å². The Morgan fingerprint density at radius 2 is 1.86 bits per heavy atom. The van der Waals surface area contributed by atoms with Crippen LogP contribution in [0.1, 0.15) is 25.0 Å². The zero-order valence-electron chi connectivity index (χ0n) is 12.5. The van der Waals surface area contributed by atoms with Crippen molar-refractivity contribution < 1.29 is 4.74 Å². The van der Waals surface area contributed by atoms with Gasteiger partial charge < -0.3 is 10.1 Å². The molecule has 21 heavy (non-hydrogen) atoms. The van der Waals surface area contributed by atoms with E-state index in [1.807, 2.05) is 6.07 Å². The van der Waals surface area contributed by atoms with Gasteiger partial charge in [-0.25, -0.2) is 0 Å². The van der Waals surface area contributed by atoms with Gasteiger partial charge in [0.1, 0.15) is 12.4 Å². The molecule has 0 spiro atoms. The Balaban J connectivity index is 1.82. The van der Waals surface area contributed by atoms with Gasteiger partial charge in [-0.15, -0.1) is 0 Å². The average Bonchev–Trinajstić information content (AvgIpc) is 2.46. The number of rotatable bonds is 7. The van der Waals surface area contributed by atoms with Crippen LogP contribution in [0, 0.1) is 0 Å². The highest BCUT2D eigenvalue weighted by Crippen LogP contribution is 2.17. The van der Waals surface area contributed by atoms with Gasteiger partial charge in [0.15, 0.2) is 0 Å². The highest BCUT2D eigenvalue weighted by atomic mass is 79.9. The summed E-state index contributed by atoms with van der Waals surface area (Å²) in [6.07, 6.45) is 4.51. The van der Waals surface area contributed by atoms with Gasteiger partial charge in [-0.1, -0.05) is 38.1 Å². The average molecular weight is 349 g/mol. The molecule has 4 heteroatoms. The number of halogens is 1. The third-order valence-corrected chi connectivity index (χ3v) is 3.51. The molecule has 0 aliphatic carbocycles. The van der Waals surface area contributed by atoms with Crippen molar-refractivity contribution in [2.24, 2.45) is 0 Å². The third kappa shape index (κ3) is 5.86. The molecule has 0 amide bonds. The summed E-state index contributed by atoms with van der Waals surface area (Å²) in [5.41, 5.74) is 2.51. The van der Waals surface area contributed by atoms with E-state index in [0.29, 0.717) is 12.6 Å². The molecule has 0 aliphatic rings. The van der Waals surface area contributed by atoms with E-state index in [-0.39, 0.29) is 0 Å². The van der Waals surface area contributed by atoms with Gasteiger partial charge in [-0.05, 0) is 46.1 Å². The van der Waals surface area contributed by atoms with Crippen LogP contribution in [0.3, 0.4) is 0 Å². The van der Waals surface area contributed by atoms with Crippen molar-refractivity contribution >= 4 is 15.9 Å². The molecule has 0 fully saturated rings. The lowest BCUT2D eigenvalue weighted by atomic mass is 10.1. The van der Waals surface area contributed by atoms with Gasteiger partial charge >= 0.3 is 0 Å². The van der Waals surface area contributed by atoms with E-state index < -0.39 is 0 Å². The van der Waals surface area contributed by atoms with E-state index in [0.717, 1.165) is 28.8 Å². The molecule has 112 valence electrons. The molecule has 1 N–H and O–H groups in total. The fourth-order valence-electron chi connectivity index (χ4n) is 1.95. The van der Waals surface area contributed by atoms with Gasteiger partial charge in [0, 0.05) is 16.7 Å². The molecule has 1 aromatic carbocycles. The second kappa shape index (κ2) is 8.15. The van der Waals surface area contributed by atoms with Gasteiger partial charge in [0.25, 0.3) is 0 Å². The maximum atomic E-state index is 5.72. The topological polar surface area (TPSA) is 34.1 Å². The zero-order chi connectivity index (χ0) is 15.1. The number of ether oxygens (including phenoxy) is 1. The van der Waals surface area contributed by atoms with Crippen LogP contribution in [0.15, 0.2) is 47.2 Å². The summed E-state index contributed by atoms with van der Waals surface area (Å²) in [6.45, 7) is 5.90. The van der Waals surface area contributed by atoms with Crippen molar-refractivity contribution in [3.63, 3.8) is 0 Å². The van der Waals surface area contributed by atoms with Crippen LogP contribution in [-0.4, -0.2) is 17.6 Å². The van der Waals surface area contributed by atoms with Gasteiger partial charge in [0.05, 0.1) is 6.20 Å². The number of pyridine rings is 1. The van der Waals surface area contributed by atoms with Gasteiger partial charge in [-0.2, -0.15) is 0 Å². The Labute approximate surface area is 134 Å². The Bertz CT molecular complexity index is 555. The Morgan fingerprint density at radius 1 is 1.14 bits per heavy atom. The Hall–Kier alpha value is -1.39. The number of nitrogens with zero attached hydrogens (tertiary/aromatic N) is 1. The highest BCUT2D eigenvalue weighted by molar-refractivity contribution is 9.10. The summed E-state index contributed by atoms with van der Waals surface area (Å²) in [5.74, 6) is 0.773. The standard InChI is InChI=1S/C17H21BrN2O/c1-13(2)20-8-7-14-3-5-15(6-4-14)12-21-17-9-16(18)10-19-11-17/h3-6,9-11,13,20H,7-8,12H2,1-2H3. The summed E-state index contributed by atoms with van der Waals surface area (Å²) in [5, 5.41) is 3.42. The van der Waals surface area contributed by atoms with E-state index in [2.05, 4.69) is 64.3 Å². The second-order valence-corrected chi connectivity index (χ2v) is 6.22. The fourth-order valence-corrected chi connectivity index (χ4v) is 2.29. The van der Waals surface area contributed by atoms with Crippen molar-refractivity contribution in [3.05, 3.63) is 58.3 Å². The van der Waals surface area contributed by atoms with Crippen molar-refractivity contribution in [1.82, 2.24) is 10.3 Å². The first kappa shape index (κ1) is 16.0. The number of aromatic nitrogens is 1. The number of hydrogen-bond donors (Lipinski definition) is 1. The monoisotopic (exact) mass is 348 g/mol. The highest BCUT2D eigenvalue weighted by Gasteiger charge is 1.99. The molecular formula is C17H21BrN2O. The molecule has 0 atom stereocenters. The number of benzene rings is 1. The molecule has 3 nitrogen and oxygen atoms in total. The summed E-state index contributed by atoms with van der Waals surface area (Å²) in [6, 6.07) is 11.0. The Kier molecular flexibility index (Phi) is 6.21. The zero-order valence-corrected chi connectivity index (χ0v) is 14.1. The van der Waals surface area contributed by atoms with Crippen LogP contribution in [0.2, 0.25) is 0 Å². The quantitative estimate of drug-likeness (QED) is 0.822. The van der Waals surface area contributed by atoms with E-state index in [1.165, 1.54) is 5.56 Å². The van der Waals surface area contributed by atoms with Crippen molar-refractivity contribution in [2.75, 3.05) is 6.54 Å². The maximum Gasteiger partial charge on any atom is 0.139 e. The summed E-state index contributed by atoms with van der Waals surface area (Å²) in [7, 11) is 0. The van der Waals surface area contributed by atoms with E-state index in [1.54, 1.807) is 12.4 Å². The van der Waals surface area contributed by atoms with Crippen LogP contribution < -0.4 is 10.1 Å². The summed E-state index contributed by atoms with van der Waals surface area (Å²) >= 11 is 3.38. The third-order valence-electron chi connectivity index (χ3n) is 3.07. The molecule has 0 radical (unpaired) electrons. The summed E-state index contributed by atoms with van der Waals surface area (Å²) in [4.78, 5) is 4.08. The fraction of sp³-hybridized carbons (Fsp3) is 0.353. The van der Waals surface area contributed by atoms with Gasteiger partial charge in [-0.3, -0.25) is 4.98 Å². The molecule has 2 aromatic rings. The molecule has 1 heterocycles. The second-order valence-electron chi connectivity index (χ2n) is 5.30. The van der Waals surface area contributed by atoms with Crippen LogP contribution in [0.25, 0.3) is 0 Å². The normalized spacial score (nSPS) is 10.9. The minimum absolute atomic E-state index is 0.538. The maximum absolute atomic E-state index is 5.72. The molecule has 0 bridgehead atoms. The Morgan fingerprint density at radius 3 is 2.52 bits per heavy atom. The lowest BCUT2D eigenvalue weighted by Gasteiger charge is -2.09. The van der Waals surface area contributed by atoms with Crippen LogP contribution in [0.5, 0.6) is 5.75 Å². The number of nitrogens with one attached hydrogen (secondary N) is 1. The largest absolute Gasteiger partial charge is 0.487 e. The predicted molar refractivity (Wildman–Crippen MR) is 89.6 cm³/mol. The van der Waals surface area contributed by atoms with Gasteiger partial charge in [0.2, 0.25) is 0 Å².